The molecule has 3 heterocycles. The molecule has 0 bridgehead atoms. The fraction of sp³-hybridized carbons (Fsp3) is 0.375. The number of rotatable bonds is 8. The molecule has 1 aliphatic heterocycles. The fourth-order valence-corrected chi connectivity index (χ4v) is 3.93. The van der Waals surface area contributed by atoms with Crippen LogP contribution in [0.25, 0.3) is 11.5 Å². The number of nitrogens with zero attached hydrogens (tertiary/aromatic N) is 3. The third kappa shape index (κ3) is 5.35. The van der Waals surface area contributed by atoms with Gasteiger partial charge in [0.05, 0.1) is 18.8 Å². The molecule has 2 aromatic heterocycles. The minimum Gasteiger partial charge on any atom is -0.490 e. The van der Waals surface area contributed by atoms with Crippen molar-refractivity contribution in [3.8, 4) is 17.2 Å². The Balaban J connectivity index is 1.59. The molecule has 0 spiro atoms. The van der Waals surface area contributed by atoms with Crippen LogP contribution in [0, 0.1) is 17.6 Å². The van der Waals surface area contributed by atoms with E-state index in [1.54, 1.807) is 6.07 Å². The highest BCUT2D eigenvalue weighted by atomic mass is 19.3. The van der Waals surface area contributed by atoms with Gasteiger partial charge in [-0.15, -0.1) is 10.2 Å². The highest BCUT2D eigenvalue weighted by Crippen LogP contribution is 2.36. The number of hydrogen-bond acceptors (Lipinski definition) is 7. The van der Waals surface area contributed by atoms with E-state index in [0.717, 1.165) is 12.1 Å². The zero-order chi connectivity index (χ0) is 25.1. The molecule has 0 aliphatic carbocycles. The van der Waals surface area contributed by atoms with Gasteiger partial charge in [0.15, 0.2) is 11.6 Å². The van der Waals surface area contributed by atoms with Gasteiger partial charge in [0.1, 0.15) is 18.0 Å². The van der Waals surface area contributed by atoms with Crippen LogP contribution in [-0.4, -0.2) is 39.6 Å². The Hall–Kier alpha value is -3.31. The van der Waals surface area contributed by atoms with Crippen LogP contribution in [0.2, 0.25) is 0 Å². The van der Waals surface area contributed by atoms with Crippen molar-refractivity contribution in [3.05, 3.63) is 71.4 Å². The second-order valence-electron chi connectivity index (χ2n) is 8.04. The summed E-state index contributed by atoms with van der Waals surface area (Å²) in [4.78, 5) is 4.32. The van der Waals surface area contributed by atoms with Crippen molar-refractivity contribution < 1.29 is 36.6 Å². The van der Waals surface area contributed by atoms with Gasteiger partial charge in [0.2, 0.25) is 5.89 Å². The standard InChI is InChI=1S/C24H23F4N3O4/c1-3-19-15(8-13(10-29-19)23-30-31-24(35-23)22(27)28)21(32)12(2)16-11-33-7-6-20(16)34-14-4-5-17(25)18(26)9-14/h4-5,8-10,16,20-22,32H,2-3,6-7,11H2,1H3. The molecular formula is C24H23F4N3O4. The fourth-order valence-electron chi connectivity index (χ4n) is 3.93. The minimum atomic E-state index is -2.92. The van der Waals surface area contributed by atoms with Gasteiger partial charge in [0.25, 0.3) is 5.89 Å². The predicted molar refractivity (Wildman–Crippen MR) is 116 cm³/mol. The summed E-state index contributed by atoms with van der Waals surface area (Å²) in [5.41, 5.74) is 1.58. The number of alkyl halides is 2. The second-order valence-corrected chi connectivity index (χ2v) is 8.04. The number of ether oxygens (including phenoxy) is 2. The zero-order valence-electron chi connectivity index (χ0n) is 18.8. The van der Waals surface area contributed by atoms with Crippen LogP contribution in [0.1, 0.15) is 43.0 Å². The quantitative estimate of drug-likeness (QED) is 0.350. The van der Waals surface area contributed by atoms with Gasteiger partial charge in [-0.25, -0.2) is 8.78 Å². The molecule has 35 heavy (non-hydrogen) atoms. The lowest BCUT2D eigenvalue weighted by molar-refractivity contribution is -0.0174. The summed E-state index contributed by atoms with van der Waals surface area (Å²) in [6, 6.07) is 4.80. The number of aromatic nitrogens is 3. The molecule has 3 aromatic rings. The number of pyridine rings is 1. The topological polar surface area (TPSA) is 90.5 Å². The molecule has 1 aromatic carbocycles. The van der Waals surface area contributed by atoms with E-state index in [-0.39, 0.29) is 23.8 Å². The summed E-state index contributed by atoms with van der Waals surface area (Å²) in [6.45, 7) is 6.49. The maximum absolute atomic E-state index is 13.6. The highest BCUT2D eigenvalue weighted by molar-refractivity contribution is 5.54. The minimum absolute atomic E-state index is 0.146. The van der Waals surface area contributed by atoms with E-state index in [4.69, 9.17) is 13.9 Å². The summed E-state index contributed by atoms with van der Waals surface area (Å²) in [6.07, 6.45) is -2.32. The summed E-state index contributed by atoms with van der Waals surface area (Å²) in [5.74, 6) is -3.32. The molecular weight excluding hydrogens is 470 g/mol. The molecule has 0 radical (unpaired) electrons. The molecule has 0 amide bonds. The number of aliphatic hydroxyl groups is 1. The molecule has 1 fully saturated rings. The Morgan fingerprint density at radius 2 is 2.03 bits per heavy atom. The van der Waals surface area contributed by atoms with Crippen LogP contribution >= 0.6 is 0 Å². The summed E-state index contributed by atoms with van der Waals surface area (Å²) < 4.78 is 69.1. The van der Waals surface area contributed by atoms with Crippen molar-refractivity contribution in [1.82, 2.24) is 15.2 Å². The van der Waals surface area contributed by atoms with E-state index in [0.29, 0.717) is 36.3 Å². The first-order valence-electron chi connectivity index (χ1n) is 10.9. The predicted octanol–water partition coefficient (Wildman–Crippen LogP) is 4.98. The first-order chi connectivity index (χ1) is 16.8. The normalized spacial score (nSPS) is 19.1. The summed E-state index contributed by atoms with van der Waals surface area (Å²) in [5, 5.41) is 18.2. The Morgan fingerprint density at radius 3 is 2.71 bits per heavy atom. The number of halogens is 4. The van der Waals surface area contributed by atoms with Gasteiger partial charge >= 0.3 is 6.43 Å². The van der Waals surface area contributed by atoms with Gasteiger partial charge in [-0.05, 0) is 30.2 Å². The second kappa shape index (κ2) is 10.5. The number of aryl methyl sites for hydroxylation is 1. The van der Waals surface area contributed by atoms with Crippen molar-refractivity contribution in [1.29, 1.82) is 0 Å². The Bertz CT molecular complexity index is 1200. The van der Waals surface area contributed by atoms with E-state index < -0.39 is 42.1 Å². The Morgan fingerprint density at radius 1 is 1.23 bits per heavy atom. The molecule has 1 N–H and O–H groups in total. The molecule has 7 nitrogen and oxygen atoms in total. The molecule has 4 rings (SSSR count). The molecule has 3 unspecified atom stereocenters. The maximum Gasteiger partial charge on any atom is 0.314 e. The van der Waals surface area contributed by atoms with E-state index >= 15 is 0 Å². The van der Waals surface area contributed by atoms with Gasteiger partial charge in [-0.3, -0.25) is 4.98 Å². The SMILES string of the molecule is C=C(C(O)c1cc(-c2nnc(C(F)F)o2)cnc1CC)C1COCCC1Oc1ccc(F)c(F)c1. The smallest absolute Gasteiger partial charge is 0.314 e. The van der Waals surface area contributed by atoms with Crippen LogP contribution < -0.4 is 4.74 Å². The largest absolute Gasteiger partial charge is 0.490 e. The Kier molecular flexibility index (Phi) is 7.46. The molecule has 3 atom stereocenters. The molecule has 186 valence electrons. The van der Waals surface area contributed by atoms with E-state index in [1.807, 2.05) is 6.92 Å². The summed E-state index contributed by atoms with van der Waals surface area (Å²) >= 11 is 0. The third-order valence-electron chi connectivity index (χ3n) is 5.81. The van der Waals surface area contributed by atoms with Crippen molar-refractivity contribution in [2.75, 3.05) is 13.2 Å². The lowest BCUT2D eigenvalue weighted by Crippen LogP contribution is -2.38. The van der Waals surface area contributed by atoms with Crippen molar-refractivity contribution >= 4 is 0 Å². The maximum atomic E-state index is 13.6. The van der Waals surface area contributed by atoms with Crippen molar-refractivity contribution in [2.24, 2.45) is 5.92 Å². The van der Waals surface area contributed by atoms with E-state index in [2.05, 4.69) is 21.8 Å². The molecule has 1 aliphatic rings. The van der Waals surface area contributed by atoms with Crippen LogP contribution in [0.15, 0.2) is 47.0 Å². The highest BCUT2D eigenvalue weighted by Gasteiger charge is 2.34. The van der Waals surface area contributed by atoms with Crippen LogP contribution in [-0.2, 0) is 11.2 Å². The molecule has 11 heteroatoms. The average Bonchev–Trinajstić information content (AvgIpc) is 3.36. The zero-order valence-corrected chi connectivity index (χ0v) is 18.8. The molecule has 1 saturated heterocycles. The van der Waals surface area contributed by atoms with E-state index in [9.17, 15) is 22.7 Å². The monoisotopic (exact) mass is 493 g/mol. The van der Waals surface area contributed by atoms with Gasteiger partial charge in [0, 0.05) is 35.9 Å². The van der Waals surface area contributed by atoms with Crippen molar-refractivity contribution in [2.45, 2.75) is 38.4 Å². The average molecular weight is 493 g/mol. The third-order valence-corrected chi connectivity index (χ3v) is 5.81. The first-order valence-corrected chi connectivity index (χ1v) is 10.9. The van der Waals surface area contributed by atoms with Gasteiger partial charge in [-0.2, -0.15) is 8.78 Å². The number of hydrogen-bond donors (Lipinski definition) is 1. The summed E-state index contributed by atoms with van der Waals surface area (Å²) in [7, 11) is 0. The van der Waals surface area contributed by atoms with Crippen LogP contribution in [0.4, 0.5) is 17.6 Å². The van der Waals surface area contributed by atoms with E-state index in [1.165, 1.54) is 12.3 Å². The number of aliphatic hydroxyl groups excluding tert-OH is 1. The van der Waals surface area contributed by atoms with Crippen LogP contribution in [0.3, 0.4) is 0 Å². The van der Waals surface area contributed by atoms with Gasteiger partial charge in [-0.1, -0.05) is 13.5 Å². The van der Waals surface area contributed by atoms with Gasteiger partial charge < -0.3 is 19.0 Å². The first kappa shape index (κ1) is 24.8. The lowest BCUT2D eigenvalue weighted by atomic mass is 9.85. The van der Waals surface area contributed by atoms with Crippen LogP contribution in [0.5, 0.6) is 5.75 Å². The Labute approximate surface area is 198 Å². The van der Waals surface area contributed by atoms with Crippen molar-refractivity contribution in [3.63, 3.8) is 0 Å². The number of benzene rings is 1. The lowest BCUT2D eigenvalue weighted by Gasteiger charge is -2.35. The molecule has 0 saturated carbocycles.